The molecule has 0 saturated carbocycles. The van der Waals surface area contributed by atoms with Crippen molar-refractivity contribution in [3.63, 3.8) is 0 Å². The minimum Gasteiger partial charge on any atom is -0.374 e. The van der Waals surface area contributed by atoms with E-state index in [0.717, 1.165) is 0 Å². The predicted octanol–water partition coefficient (Wildman–Crippen LogP) is 2.52. The Bertz CT molecular complexity index is 166. The molecule has 0 aliphatic rings. The van der Waals surface area contributed by atoms with Crippen molar-refractivity contribution in [2.45, 2.75) is 36.6 Å². The van der Waals surface area contributed by atoms with Crippen LogP contribution in [-0.4, -0.2) is 38.5 Å². The highest BCUT2D eigenvalue weighted by molar-refractivity contribution is 8.00. The highest BCUT2D eigenvalue weighted by Crippen LogP contribution is 2.26. The van der Waals surface area contributed by atoms with Gasteiger partial charge >= 0.3 is 8.80 Å². The van der Waals surface area contributed by atoms with Crippen molar-refractivity contribution < 1.29 is 13.3 Å². The fraction of sp³-hybridized carbons (Fsp3) is 1.00. The monoisotopic (exact) mass is 302 g/mol. The van der Waals surface area contributed by atoms with Gasteiger partial charge in [-0.25, -0.2) is 0 Å². The zero-order valence-corrected chi connectivity index (χ0v) is 13.7. The van der Waals surface area contributed by atoms with Crippen molar-refractivity contribution in [1.82, 2.24) is 0 Å². The molecule has 0 aliphatic heterocycles. The SMILES string of the molecule is CCO[Si](CC(S)C(S)S)(OCC)OCC. The molecular formula is C9H22O3S3Si. The van der Waals surface area contributed by atoms with Gasteiger partial charge in [-0.15, -0.1) is 0 Å². The van der Waals surface area contributed by atoms with E-state index >= 15 is 0 Å². The van der Waals surface area contributed by atoms with Gasteiger partial charge in [-0.3, -0.25) is 0 Å². The van der Waals surface area contributed by atoms with Crippen molar-refractivity contribution in [2.75, 3.05) is 19.8 Å². The molecule has 0 saturated heterocycles. The van der Waals surface area contributed by atoms with Crippen LogP contribution in [0.1, 0.15) is 20.8 Å². The molecule has 0 aliphatic carbocycles. The molecule has 16 heavy (non-hydrogen) atoms. The van der Waals surface area contributed by atoms with E-state index in [1.165, 1.54) is 0 Å². The Balaban J connectivity index is 4.57. The Kier molecular flexibility index (Phi) is 9.78. The van der Waals surface area contributed by atoms with Crippen LogP contribution in [0.25, 0.3) is 0 Å². The summed E-state index contributed by atoms with van der Waals surface area (Å²) in [6.45, 7) is 7.55. The van der Waals surface area contributed by atoms with Gasteiger partial charge < -0.3 is 13.3 Å². The number of thiol groups is 3. The average Bonchev–Trinajstić information content (AvgIpc) is 2.18. The van der Waals surface area contributed by atoms with Crippen LogP contribution >= 0.6 is 37.9 Å². The second kappa shape index (κ2) is 9.13. The lowest BCUT2D eigenvalue weighted by Gasteiger charge is -2.31. The van der Waals surface area contributed by atoms with Crippen LogP contribution < -0.4 is 0 Å². The minimum absolute atomic E-state index is 0.0111. The lowest BCUT2D eigenvalue weighted by Crippen LogP contribution is -2.48. The van der Waals surface area contributed by atoms with Gasteiger partial charge in [-0.1, -0.05) is 0 Å². The fourth-order valence-corrected chi connectivity index (χ4v) is 5.27. The molecule has 0 heterocycles. The Morgan fingerprint density at radius 3 is 1.50 bits per heavy atom. The maximum absolute atomic E-state index is 5.71. The molecule has 0 spiro atoms. The largest absolute Gasteiger partial charge is 0.502 e. The summed E-state index contributed by atoms with van der Waals surface area (Å²) in [6, 6.07) is 0.628. The van der Waals surface area contributed by atoms with Crippen LogP contribution in [0.5, 0.6) is 0 Å². The first-order valence-electron chi connectivity index (χ1n) is 5.47. The lowest BCUT2D eigenvalue weighted by molar-refractivity contribution is 0.0715. The van der Waals surface area contributed by atoms with Gasteiger partial charge in [-0.05, 0) is 20.8 Å². The van der Waals surface area contributed by atoms with Crippen LogP contribution in [0, 0.1) is 0 Å². The summed E-state index contributed by atoms with van der Waals surface area (Å²) in [7, 11) is -2.60. The molecule has 0 bridgehead atoms. The lowest BCUT2D eigenvalue weighted by atomic mass is 10.5. The molecule has 98 valence electrons. The molecule has 0 aromatic heterocycles. The molecule has 0 amide bonds. The van der Waals surface area contributed by atoms with Crippen molar-refractivity contribution in [3.05, 3.63) is 0 Å². The van der Waals surface area contributed by atoms with E-state index in [0.29, 0.717) is 25.9 Å². The molecule has 1 atom stereocenters. The molecule has 0 aromatic carbocycles. The highest BCUT2D eigenvalue weighted by atomic mass is 32.2. The number of hydrogen-bond acceptors (Lipinski definition) is 6. The molecule has 7 heteroatoms. The molecular weight excluding hydrogens is 280 g/mol. The maximum Gasteiger partial charge on any atom is 0.502 e. The van der Waals surface area contributed by atoms with Crippen LogP contribution in [0.4, 0.5) is 0 Å². The highest BCUT2D eigenvalue weighted by Gasteiger charge is 2.42. The summed E-state index contributed by atoms with van der Waals surface area (Å²) in [6.07, 6.45) is 0. The van der Waals surface area contributed by atoms with Crippen LogP contribution in [0.2, 0.25) is 6.04 Å². The second-order valence-electron chi connectivity index (χ2n) is 3.17. The zero-order chi connectivity index (χ0) is 12.6. The van der Waals surface area contributed by atoms with E-state index < -0.39 is 8.80 Å². The topological polar surface area (TPSA) is 27.7 Å². The number of rotatable bonds is 9. The zero-order valence-electron chi connectivity index (χ0n) is 10.0. The molecule has 0 fully saturated rings. The first kappa shape index (κ1) is 17.1. The standard InChI is InChI=1S/C9H22O3S3Si/c1-4-10-16(11-5-2,12-6-3)7-8(13)9(14)15/h8-9,13-15H,4-7H2,1-3H3. The Hall–Kier alpha value is 1.15. The number of hydrogen-bond donors (Lipinski definition) is 3. The molecule has 0 rings (SSSR count). The van der Waals surface area contributed by atoms with Crippen molar-refractivity contribution in [1.29, 1.82) is 0 Å². The smallest absolute Gasteiger partial charge is 0.374 e. The van der Waals surface area contributed by atoms with Gasteiger partial charge in [-0.2, -0.15) is 37.9 Å². The van der Waals surface area contributed by atoms with Crippen molar-refractivity contribution in [3.8, 4) is 0 Å². The maximum atomic E-state index is 5.71. The van der Waals surface area contributed by atoms with Gasteiger partial charge in [0, 0.05) is 31.1 Å². The fourth-order valence-electron chi connectivity index (χ4n) is 1.32. The summed E-state index contributed by atoms with van der Waals surface area (Å²) >= 11 is 12.9. The summed E-state index contributed by atoms with van der Waals surface area (Å²) in [5.41, 5.74) is 0. The first-order chi connectivity index (χ1) is 7.51. The summed E-state index contributed by atoms with van der Waals surface area (Å²) in [5.74, 6) is 0. The van der Waals surface area contributed by atoms with E-state index in [1.807, 2.05) is 20.8 Å². The van der Waals surface area contributed by atoms with E-state index in [2.05, 4.69) is 37.9 Å². The van der Waals surface area contributed by atoms with Crippen LogP contribution in [0.3, 0.4) is 0 Å². The van der Waals surface area contributed by atoms with Gasteiger partial charge in [0.15, 0.2) is 0 Å². The van der Waals surface area contributed by atoms with Gasteiger partial charge in [0.05, 0.1) is 4.58 Å². The molecule has 3 nitrogen and oxygen atoms in total. The third kappa shape index (κ3) is 6.18. The van der Waals surface area contributed by atoms with Crippen LogP contribution in [-0.2, 0) is 13.3 Å². The molecule has 0 aromatic rings. The van der Waals surface area contributed by atoms with E-state index in [-0.39, 0.29) is 9.83 Å². The summed E-state index contributed by atoms with van der Waals surface area (Å²) < 4.78 is 17.0. The Morgan fingerprint density at radius 1 is 0.875 bits per heavy atom. The minimum atomic E-state index is -2.60. The Labute approximate surface area is 116 Å². The molecule has 0 N–H and O–H groups in total. The van der Waals surface area contributed by atoms with Gasteiger partial charge in [0.1, 0.15) is 0 Å². The molecule has 1 unspecified atom stereocenters. The van der Waals surface area contributed by atoms with Gasteiger partial charge in [0.25, 0.3) is 0 Å². The third-order valence-corrected chi connectivity index (χ3v) is 7.04. The quantitative estimate of drug-likeness (QED) is 0.347. The van der Waals surface area contributed by atoms with Gasteiger partial charge in [0.2, 0.25) is 0 Å². The van der Waals surface area contributed by atoms with E-state index in [9.17, 15) is 0 Å². The first-order valence-corrected chi connectivity index (χ1v) is 8.95. The summed E-state index contributed by atoms with van der Waals surface area (Å²) in [4.78, 5) is 0. The molecule has 0 radical (unpaired) electrons. The Morgan fingerprint density at radius 2 is 1.25 bits per heavy atom. The normalized spacial score (nSPS) is 14.4. The van der Waals surface area contributed by atoms with Crippen LogP contribution in [0.15, 0.2) is 0 Å². The third-order valence-electron chi connectivity index (χ3n) is 1.90. The van der Waals surface area contributed by atoms with E-state index in [1.54, 1.807) is 0 Å². The second-order valence-corrected chi connectivity index (χ2v) is 7.99. The van der Waals surface area contributed by atoms with Crippen molar-refractivity contribution in [2.24, 2.45) is 0 Å². The summed E-state index contributed by atoms with van der Waals surface area (Å²) in [5, 5.41) is -0.0111. The van der Waals surface area contributed by atoms with E-state index in [4.69, 9.17) is 13.3 Å². The predicted molar refractivity (Wildman–Crippen MR) is 80.0 cm³/mol. The average molecular weight is 303 g/mol. The van der Waals surface area contributed by atoms with Crippen molar-refractivity contribution >= 4 is 46.7 Å².